The van der Waals surface area contributed by atoms with Crippen LogP contribution in [0.4, 0.5) is 14.7 Å². The Morgan fingerprint density at radius 1 is 1.29 bits per heavy atom. The lowest BCUT2D eigenvalue weighted by molar-refractivity contribution is 0.0219. The van der Waals surface area contributed by atoms with Crippen molar-refractivity contribution in [2.24, 2.45) is 10.9 Å². The first kappa shape index (κ1) is 24.8. The molecule has 2 aromatic heterocycles. The predicted molar refractivity (Wildman–Crippen MR) is 124 cm³/mol. The Kier molecular flexibility index (Phi) is 7.48. The van der Waals surface area contributed by atoms with Crippen molar-refractivity contribution in [1.82, 2.24) is 25.3 Å². The van der Waals surface area contributed by atoms with Crippen molar-refractivity contribution in [3.05, 3.63) is 35.4 Å². The van der Waals surface area contributed by atoms with E-state index in [2.05, 4.69) is 31.3 Å². The number of carbonyl (C=O) groups excluding carboxylic acids is 1. The number of piperidine rings is 1. The number of pyridine rings is 1. The van der Waals surface area contributed by atoms with Crippen molar-refractivity contribution >= 4 is 17.6 Å². The molecule has 2 aliphatic heterocycles. The van der Waals surface area contributed by atoms with Gasteiger partial charge in [0.25, 0.3) is 11.8 Å². The zero-order valence-electron chi connectivity index (χ0n) is 20.0. The largest absolute Gasteiger partial charge is 0.458 e. The van der Waals surface area contributed by atoms with Crippen LogP contribution in [0.1, 0.15) is 48.6 Å². The number of methoxy groups -OCH3 is 1. The Hall–Kier alpha value is -3.28. The van der Waals surface area contributed by atoms with E-state index in [1.54, 1.807) is 13.1 Å². The fourth-order valence-corrected chi connectivity index (χ4v) is 4.15. The summed E-state index contributed by atoms with van der Waals surface area (Å²) in [6, 6.07) is 3.92. The molecule has 0 aromatic carbocycles. The molecule has 0 saturated carbocycles. The van der Waals surface area contributed by atoms with Gasteiger partial charge in [-0.1, -0.05) is 0 Å². The topological polar surface area (TPSA) is 115 Å². The molecule has 0 aliphatic carbocycles. The van der Waals surface area contributed by atoms with Crippen LogP contribution in [0.3, 0.4) is 0 Å². The van der Waals surface area contributed by atoms with Crippen LogP contribution in [0.5, 0.6) is 6.01 Å². The van der Waals surface area contributed by atoms with Crippen molar-refractivity contribution < 1.29 is 23.0 Å². The molecular weight excluding hydrogens is 460 g/mol. The number of halogens is 2. The van der Waals surface area contributed by atoms with Gasteiger partial charge in [-0.25, -0.2) is 8.78 Å². The van der Waals surface area contributed by atoms with E-state index in [-0.39, 0.29) is 36.4 Å². The number of aliphatic imine (C=N–C) groups is 1. The second-order valence-electron chi connectivity index (χ2n) is 8.84. The maximum absolute atomic E-state index is 13.2. The second-order valence-corrected chi connectivity index (χ2v) is 8.84. The molecule has 1 amide bonds. The van der Waals surface area contributed by atoms with Crippen molar-refractivity contribution in [3.63, 3.8) is 0 Å². The molecule has 12 heteroatoms. The number of carbonyl (C=O) groups is 1. The third kappa shape index (κ3) is 6.24. The minimum atomic E-state index is -3.06. The average molecular weight is 490 g/mol. The molecular formula is C23H29F2N7O3. The first-order valence-corrected chi connectivity index (χ1v) is 11.5. The van der Waals surface area contributed by atoms with Crippen molar-refractivity contribution in [1.29, 1.82) is 0 Å². The zero-order valence-corrected chi connectivity index (χ0v) is 20.0. The lowest BCUT2D eigenvalue weighted by Crippen LogP contribution is -2.39. The maximum Gasteiger partial charge on any atom is 0.322 e. The Bertz CT molecular complexity index is 1090. The molecule has 10 nitrogen and oxygen atoms in total. The van der Waals surface area contributed by atoms with Crippen LogP contribution >= 0.6 is 0 Å². The van der Waals surface area contributed by atoms with Crippen LogP contribution in [0, 0.1) is 5.92 Å². The number of alkyl halides is 2. The highest BCUT2D eigenvalue weighted by Crippen LogP contribution is 2.29. The number of hydrogen-bond donors (Lipinski definition) is 1. The van der Waals surface area contributed by atoms with Gasteiger partial charge in [0.05, 0.1) is 25.4 Å². The fraction of sp³-hybridized carbons (Fsp3) is 0.565. The number of anilines is 1. The van der Waals surface area contributed by atoms with Gasteiger partial charge in [0.2, 0.25) is 11.8 Å². The van der Waals surface area contributed by atoms with Gasteiger partial charge < -0.3 is 19.7 Å². The SMILES string of the molecule is COC[C@@H](C)Oc1nc(C(=O)NCC(C)(F)F)nc(N2CCC(C3=NCc4ncccc43)CC2)n1. The molecule has 0 spiro atoms. The summed E-state index contributed by atoms with van der Waals surface area (Å²) in [5, 5.41) is 2.17. The molecule has 4 heterocycles. The summed E-state index contributed by atoms with van der Waals surface area (Å²) in [4.78, 5) is 36.3. The summed E-state index contributed by atoms with van der Waals surface area (Å²) >= 11 is 0. The lowest BCUT2D eigenvalue weighted by atomic mass is 9.88. The summed E-state index contributed by atoms with van der Waals surface area (Å²) in [7, 11) is 1.54. The van der Waals surface area contributed by atoms with E-state index >= 15 is 0 Å². The molecule has 1 fully saturated rings. The van der Waals surface area contributed by atoms with Crippen molar-refractivity contribution in [2.75, 3.05) is 38.3 Å². The van der Waals surface area contributed by atoms with Gasteiger partial charge in [-0.2, -0.15) is 15.0 Å². The number of nitrogens with zero attached hydrogens (tertiary/aromatic N) is 6. The van der Waals surface area contributed by atoms with E-state index in [0.29, 0.717) is 19.6 Å². The normalized spacial score (nSPS) is 17.1. The molecule has 2 aromatic rings. The minimum Gasteiger partial charge on any atom is -0.458 e. The highest BCUT2D eigenvalue weighted by atomic mass is 19.3. The third-order valence-corrected chi connectivity index (χ3v) is 5.80. The second kappa shape index (κ2) is 10.5. The Morgan fingerprint density at radius 3 is 2.77 bits per heavy atom. The monoisotopic (exact) mass is 489 g/mol. The maximum atomic E-state index is 13.2. The van der Waals surface area contributed by atoms with Gasteiger partial charge in [0, 0.05) is 50.5 Å². The van der Waals surface area contributed by atoms with Gasteiger partial charge >= 0.3 is 6.01 Å². The highest BCUT2D eigenvalue weighted by Gasteiger charge is 2.30. The van der Waals surface area contributed by atoms with E-state index in [4.69, 9.17) is 14.5 Å². The zero-order chi connectivity index (χ0) is 25.0. The number of ether oxygens (including phenoxy) is 2. The van der Waals surface area contributed by atoms with E-state index < -0.39 is 18.4 Å². The molecule has 1 atom stereocenters. The molecule has 1 saturated heterocycles. The number of fused-ring (bicyclic) bond motifs is 1. The van der Waals surface area contributed by atoms with E-state index in [9.17, 15) is 13.6 Å². The van der Waals surface area contributed by atoms with Gasteiger partial charge in [-0.05, 0) is 31.9 Å². The highest BCUT2D eigenvalue weighted by molar-refractivity contribution is 6.04. The van der Waals surface area contributed by atoms with Crippen LogP contribution < -0.4 is 15.0 Å². The standard InChI is InChI=1S/C23H29F2N7O3/c1-14(12-34-3)35-22-30-19(20(33)28-13-23(2,24)25)29-21(31-22)32-9-6-15(7-10-32)18-16-5-4-8-26-17(16)11-27-18/h4-5,8,14-15H,6-7,9-13H2,1-3H3,(H,28,33)/t14-/m1/s1. The first-order chi connectivity index (χ1) is 16.7. The summed E-state index contributed by atoms with van der Waals surface area (Å²) in [6.07, 6.45) is 3.03. The van der Waals surface area contributed by atoms with E-state index in [1.807, 2.05) is 11.0 Å². The number of aromatic nitrogens is 4. The molecule has 0 radical (unpaired) electrons. The summed E-state index contributed by atoms with van der Waals surface area (Å²) in [6.45, 7) is 3.82. The van der Waals surface area contributed by atoms with Crippen LogP contribution in [0.2, 0.25) is 0 Å². The van der Waals surface area contributed by atoms with Gasteiger partial charge in [0.1, 0.15) is 6.10 Å². The fourth-order valence-electron chi connectivity index (χ4n) is 4.15. The van der Waals surface area contributed by atoms with Crippen LogP contribution in [-0.2, 0) is 11.3 Å². The lowest BCUT2D eigenvalue weighted by Gasteiger charge is -2.32. The third-order valence-electron chi connectivity index (χ3n) is 5.80. The van der Waals surface area contributed by atoms with Crippen LogP contribution in [0.25, 0.3) is 0 Å². The van der Waals surface area contributed by atoms with Gasteiger partial charge in [-0.3, -0.25) is 14.8 Å². The predicted octanol–water partition coefficient (Wildman–Crippen LogP) is 2.28. The number of amides is 1. The molecule has 0 bridgehead atoms. The Balaban J connectivity index is 1.49. The summed E-state index contributed by atoms with van der Waals surface area (Å²) in [5.41, 5.74) is 3.20. The molecule has 35 heavy (non-hydrogen) atoms. The van der Waals surface area contributed by atoms with Crippen LogP contribution in [0.15, 0.2) is 23.3 Å². The Labute approximate surface area is 202 Å². The molecule has 4 rings (SSSR count). The smallest absolute Gasteiger partial charge is 0.322 e. The Morgan fingerprint density at radius 2 is 2.06 bits per heavy atom. The molecule has 0 unspecified atom stereocenters. The van der Waals surface area contributed by atoms with E-state index in [0.717, 1.165) is 36.7 Å². The van der Waals surface area contributed by atoms with Crippen molar-refractivity contribution in [2.45, 2.75) is 45.3 Å². The quantitative estimate of drug-likeness (QED) is 0.571. The summed E-state index contributed by atoms with van der Waals surface area (Å²) in [5.74, 6) is -3.61. The average Bonchev–Trinajstić information content (AvgIpc) is 3.26. The molecule has 188 valence electrons. The molecule has 1 N–H and O–H groups in total. The summed E-state index contributed by atoms with van der Waals surface area (Å²) < 4.78 is 37.2. The van der Waals surface area contributed by atoms with Gasteiger partial charge in [-0.15, -0.1) is 0 Å². The molecule has 2 aliphatic rings. The minimum absolute atomic E-state index is 0.0600. The number of hydrogen-bond acceptors (Lipinski definition) is 9. The van der Waals surface area contributed by atoms with Crippen LogP contribution in [-0.4, -0.2) is 76.9 Å². The van der Waals surface area contributed by atoms with E-state index in [1.165, 1.54) is 7.11 Å². The number of rotatable bonds is 9. The van der Waals surface area contributed by atoms with Gasteiger partial charge in [0.15, 0.2) is 0 Å². The first-order valence-electron chi connectivity index (χ1n) is 11.5. The van der Waals surface area contributed by atoms with Crippen molar-refractivity contribution in [3.8, 4) is 6.01 Å². The number of nitrogens with one attached hydrogen (secondary N) is 1.